The van der Waals surface area contributed by atoms with Gasteiger partial charge in [0, 0.05) is 43.2 Å². The molecule has 1 N–H and O–H groups in total. The molecule has 112 valence electrons. The summed E-state index contributed by atoms with van der Waals surface area (Å²) in [5.74, 6) is 0.170. The van der Waals surface area contributed by atoms with E-state index < -0.39 is 0 Å². The van der Waals surface area contributed by atoms with Crippen molar-refractivity contribution in [3.05, 3.63) is 29.2 Å². The molecule has 2 atom stereocenters. The second kappa shape index (κ2) is 5.11. The zero-order valence-electron chi connectivity index (χ0n) is 12.9. The highest BCUT2D eigenvalue weighted by molar-refractivity contribution is 5.83. The first kappa shape index (κ1) is 14.0. The minimum atomic E-state index is -0.0977. The van der Waals surface area contributed by atoms with E-state index in [1.165, 1.54) is 0 Å². The molecule has 0 bridgehead atoms. The Morgan fingerprint density at radius 1 is 1.43 bits per heavy atom. The quantitative estimate of drug-likeness (QED) is 0.922. The number of likely N-dealkylation sites (N-methyl/N-ethyl adjacent to an activating group) is 1. The lowest BCUT2D eigenvalue weighted by Crippen LogP contribution is -2.38. The molecular formula is C15H21N5O. The average molecular weight is 287 g/mol. The highest BCUT2D eigenvalue weighted by Gasteiger charge is 2.30. The maximum atomic E-state index is 12.0. The third-order valence-corrected chi connectivity index (χ3v) is 4.23. The molecule has 2 unspecified atom stereocenters. The molecule has 2 aromatic heterocycles. The number of amides is 1. The molecule has 3 heterocycles. The standard InChI is InChI=1S/C15H21N5O/c1-9-7-14-16-8-12(11(3)20(14)18-9)10(2)17-13-5-6-19(4)15(13)21/h7-8,10,13,17H,5-6H2,1-4H3. The van der Waals surface area contributed by atoms with Gasteiger partial charge in [-0.15, -0.1) is 0 Å². The molecule has 6 heteroatoms. The van der Waals surface area contributed by atoms with Crippen molar-refractivity contribution in [3.8, 4) is 0 Å². The minimum absolute atomic E-state index is 0.0619. The van der Waals surface area contributed by atoms with Crippen LogP contribution in [0.25, 0.3) is 5.65 Å². The van der Waals surface area contributed by atoms with Crippen molar-refractivity contribution in [1.82, 2.24) is 24.8 Å². The van der Waals surface area contributed by atoms with Crippen molar-refractivity contribution < 1.29 is 4.79 Å². The van der Waals surface area contributed by atoms with Crippen LogP contribution in [0.3, 0.4) is 0 Å². The molecule has 1 aliphatic heterocycles. The van der Waals surface area contributed by atoms with Crippen LogP contribution in [0, 0.1) is 13.8 Å². The van der Waals surface area contributed by atoms with E-state index in [9.17, 15) is 4.79 Å². The predicted octanol–water partition coefficient (Wildman–Crippen LogP) is 1.23. The third kappa shape index (κ3) is 2.40. The molecule has 1 amide bonds. The Morgan fingerprint density at radius 2 is 2.19 bits per heavy atom. The number of nitrogens with zero attached hydrogens (tertiary/aromatic N) is 4. The number of hydrogen-bond donors (Lipinski definition) is 1. The van der Waals surface area contributed by atoms with Crippen molar-refractivity contribution in [2.24, 2.45) is 0 Å². The summed E-state index contributed by atoms with van der Waals surface area (Å²) in [5.41, 5.74) is 3.95. The lowest BCUT2D eigenvalue weighted by Gasteiger charge is -2.20. The number of fused-ring (bicyclic) bond motifs is 1. The third-order valence-electron chi connectivity index (χ3n) is 4.23. The Balaban J connectivity index is 1.86. The van der Waals surface area contributed by atoms with E-state index in [0.29, 0.717) is 0 Å². The van der Waals surface area contributed by atoms with Crippen LogP contribution in [0.1, 0.15) is 36.3 Å². The first-order chi connectivity index (χ1) is 9.97. The van der Waals surface area contributed by atoms with Gasteiger partial charge >= 0.3 is 0 Å². The average Bonchev–Trinajstić information content (AvgIpc) is 2.96. The number of aromatic nitrogens is 3. The predicted molar refractivity (Wildman–Crippen MR) is 80.1 cm³/mol. The number of aryl methyl sites for hydroxylation is 2. The molecule has 0 aliphatic carbocycles. The number of nitrogens with one attached hydrogen (secondary N) is 1. The van der Waals surface area contributed by atoms with E-state index in [2.05, 4.69) is 22.3 Å². The number of hydrogen-bond acceptors (Lipinski definition) is 4. The highest BCUT2D eigenvalue weighted by atomic mass is 16.2. The molecule has 1 saturated heterocycles. The Kier molecular flexibility index (Phi) is 3.41. The maximum Gasteiger partial charge on any atom is 0.239 e. The van der Waals surface area contributed by atoms with Crippen LogP contribution < -0.4 is 5.32 Å². The van der Waals surface area contributed by atoms with Gasteiger partial charge in [-0.25, -0.2) is 9.50 Å². The molecule has 1 fully saturated rings. The number of rotatable bonds is 3. The Morgan fingerprint density at radius 3 is 2.86 bits per heavy atom. The topological polar surface area (TPSA) is 62.5 Å². The highest BCUT2D eigenvalue weighted by Crippen LogP contribution is 2.20. The molecule has 0 radical (unpaired) electrons. The summed E-state index contributed by atoms with van der Waals surface area (Å²) in [7, 11) is 1.85. The summed E-state index contributed by atoms with van der Waals surface area (Å²) in [4.78, 5) is 18.2. The van der Waals surface area contributed by atoms with Crippen LogP contribution in [0.4, 0.5) is 0 Å². The number of likely N-dealkylation sites (tertiary alicyclic amines) is 1. The van der Waals surface area contributed by atoms with Crippen LogP contribution in [0.15, 0.2) is 12.3 Å². The molecule has 0 saturated carbocycles. The van der Waals surface area contributed by atoms with Gasteiger partial charge in [0.1, 0.15) is 0 Å². The second-order valence-corrected chi connectivity index (χ2v) is 5.84. The van der Waals surface area contributed by atoms with Crippen LogP contribution in [0.5, 0.6) is 0 Å². The fourth-order valence-corrected chi connectivity index (χ4v) is 2.97. The van der Waals surface area contributed by atoms with Gasteiger partial charge in [-0.2, -0.15) is 5.10 Å². The molecule has 6 nitrogen and oxygen atoms in total. The van der Waals surface area contributed by atoms with Gasteiger partial charge in [0.15, 0.2) is 5.65 Å². The SMILES string of the molecule is Cc1cc2ncc(C(C)NC3CCN(C)C3=O)c(C)n2n1. The maximum absolute atomic E-state index is 12.0. The Hall–Kier alpha value is -1.95. The normalized spacial score (nSPS) is 20.5. The van der Waals surface area contributed by atoms with Crippen molar-refractivity contribution >= 4 is 11.6 Å². The first-order valence-electron chi connectivity index (χ1n) is 7.30. The van der Waals surface area contributed by atoms with E-state index in [-0.39, 0.29) is 18.0 Å². The summed E-state index contributed by atoms with van der Waals surface area (Å²) < 4.78 is 1.87. The molecule has 0 aromatic carbocycles. The van der Waals surface area contributed by atoms with Crippen molar-refractivity contribution in [3.63, 3.8) is 0 Å². The fourth-order valence-electron chi connectivity index (χ4n) is 2.97. The van der Waals surface area contributed by atoms with Gasteiger partial charge in [0.25, 0.3) is 0 Å². The molecular weight excluding hydrogens is 266 g/mol. The van der Waals surface area contributed by atoms with Crippen LogP contribution in [-0.2, 0) is 4.79 Å². The van der Waals surface area contributed by atoms with Crippen molar-refractivity contribution in [2.45, 2.75) is 39.3 Å². The molecule has 21 heavy (non-hydrogen) atoms. The summed E-state index contributed by atoms with van der Waals surface area (Å²) in [5, 5.41) is 7.88. The summed E-state index contributed by atoms with van der Waals surface area (Å²) in [6.07, 6.45) is 2.74. The van der Waals surface area contributed by atoms with Gasteiger partial charge in [0.2, 0.25) is 5.91 Å². The number of carbonyl (C=O) groups excluding carboxylic acids is 1. The molecule has 1 aliphatic rings. The van der Waals surface area contributed by atoms with Gasteiger partial charge in [0.05, 0.1) is 11.7 Å². The molecule has 3 rings (SSSR count). The molecule has 2 aromatic rings. The van der Waals surface area contributed by atoms with Gasteiger partial charge in [-0.3, -0.25) is 10.1 Å². The van der Waals surface area contributed by atoms with E-state index in [1.807, 2.05) is 37.7 Å². The van der Waals surface area contributed by atoms with Crippen molar-refractivity contribution in [2.75, 3.05) is 13.6 Å². The fraction of sp³-hybridized carbons (Fsp3) is 0.533. The minimum Gasteiger partial charge on any atom is -0.344 e. The van der Waals surface area contributed by atoms with E-state index >= 15 is 0 Å². The van der Waals surface area contributed by atoms with Gasteiger partial charge < -0.3 is 4.90 Å². The van der Waals surface area contributed by atoms with Crippen LogP contribution in [0.2, 0.25) is 0 Å². The van der Waals surface area contributed by atoms with E-state index in [1.54, 1.807) is 4.90 Å². The van der Waals surface area contributed by atoms with E-state index in [4.69, 9.17) is 0 Å². The van der Waals surface area contributed by atoms with Crippen molar-refractivity contribution in [1.29, 1.82) is 0 Å². The van der Waals surface area contributed by atoms with Gasteiger partial charge in [-0.05, 0) is 27.2 Å². The first-order valence-corrected chi connectivity index (χ1v) is 7.30. The van der Waals surface area contributed by atoms with Crippen LogP contribution >= 0.6 is 0 Å². The smallest absolute Gasteiger partial charge is 0.239 e. The van der Waals surface area contributed by atoms with Gasteiger partial charge in [-0.1, -0.05) is 0 Å². The largest absolute Gasteiger partial charge is 0.344 e. The summed E-state index contributed by atoms with van der Waals surface area (Å²) in [6.45, 7) is 6.88. The zero-order chi connectivity index (χ0) is 15.1. The second-order valence-electron chi connectivity index (χ2n) is 5.84. The summed E-state index contributed by atoms with van der Waals surface area (Å²) in [6, 6.07) is 1.93. The van der Waals surface area contributed by atoms with Crippen LogP contribution in [-0.4, -0.2) is 45.0 Å². The number of carbonyl (C=O) groups is 1. The molecule has 0 spiro atoms. The van der Waals surface area contributed by atoms with E-state index in [0.717, 1.165) is 35.6 Å². The summed E-state index contributed by atoms with van der Waals surface area (Å²) >= 11 is 0. The zero-order valence-corrected chi connectivity index (χ0v) is 12.9. The lowest BCUT2D eigenvalue weighted by atomic mass is 10.1. The monoisotopic (exact) mass is 287 g/mol. The Bertz CT molecular complexity index is 693. The lowest BCUT2D eigenvalue weighted by molar-refractivity contribution is -0.128. The Labute approximate surface area is 124 Å².